The van der Waals surface area contributed by atoms with Crippen LogP contribution in [0.25, 0.3) is 0 Å². The molecule has 1 N–H and O–H groups in total. The zero-order chi connectivity index (χ0) is 12.3. The molecule has 0 amide bonds. The topological polar surface area (TPSA) is 67.3 Å². The van der Waals surface area contributed by atoms with Crippen molar-refractivity contribution in [1.29, 1.82) is 0 Å². The molecule has 2 aromatic rings. The average Bonchev–Trinajstić information content (AvgIpc) is 2.82. The number of aromatic carboxylic acids is 1. The largest absolute Gasteiger partial charge is 0.478 e. The smallest absolute Gasteiger partial charge is 0.335 e. The SMILES string of the molecule is O=C(O)c1ccc(S(=O)Cc2nccs2)cc1. The molecule has 1 aromatic heterocycles. The highest BCUT2D eigenvalue weighted by Gasteiger charge is 2.08. The van der Waals surface area contributed by atoms with Crippen molar-refractivity contribution in [3.05, 3.63) is 46.4 Å². The van der Waals surface area contributed by atoms with Crippen molar-refractivity contribution >= 4 is 28.1 Å². The maximum atomic E-state index is 11.9. The minimum Gasteiger partial charge on any atom is -0.478 e. The standard InChI is InChI=1S/C11H9NO3S2/c13-11(14)8-1-3-9(4-2-8)17(15)7-10-12-5-6-16-10/h1-6H,7H2,(H,13,14). The van der Waals surface area contributed by atoms with Crippen molar-refractivity contribution in [2.75, 3.05) is 0 Å². The zero-order valence-corrected chi connectivity index (χ0v) is 10.3. The van der Waals surface area contributed by atoms with Gasteiger partial charge in [-0.15, -0.1) is 11.3 Å². The lowest BCUT2D eigenvalue weighted by Crippen LogP contribution is -1.99. The number of carboxylic acid groups (broad SMARTS) is 1. The molecule has 0 saturated carbocycles. The minimum absolute atomic E-state index is 0.194. The normalized spacial score (nSPS) is 12.2. The van der Waals surface area contributed by atoms with E-state index in [-0.39, 0.29) is 5.56 Å². The van der Waals surface area contributed by atoms with Crippen LogP contribution in [-0.4, -0.2) is 20.3 Å². The molecule has 0 spiro atoms. The second-order valence-corrected chi connectivity index (χ2v) is 5.68. The van der Waals surface area contributed by atoms with E-state index in [0.29, 0.717) is 10.6 Å². The van der Waals surface area contributed by atoms with E-state index in [1.807, 2.05) is 5.38 Å². The Morgan fingerprint density at radius 1 is 1.35 bits per heavy atom. The first-order valence-electron chi connectivity index (χ1n) is 4.77. The molecule has 6 heteroatoms. The Labute approximate surface area is 104 Å². The fraction of sp³-hybridized carbons (Fsp3) is 0.0909. The molecule has 1 atom stereocenters. The zero-order valence-electron chi connectivity index (χ0n) is 8.70. The number of aromatic nitrogens is 1. The van der Waals surface area contributed by atoms with Crippen molar-refractivity contribution in [2.24, 2.45) is 0 Å². The Morgan fingerprint density at radius 3 is 2.59 bits per heavy atom. The predicted octanol–water partition coefficient (Wildman–Crippen LogP) is 2.15. The van der Waals surface area contributed by atoms with Gasteiger partial charge in [-0.05, 0) is 24.3 Å². The Hall–Kier alpha value is -1.53. The summed E-state index contributed by atoms with van der Waals surface area (Å²) in [6, 6.07) is 6.06. The van der Waals surface area contributed by atoms with Gasteiger partial charge in [0.15, 0.2) is 0 Å². The first-order chi connectivity index (χ1) is 8.16. The molecule has 2 rings (SSSR count). The third-order valence-electron chi connectivity index (χ3n) is 2.10. The fourth-order valence-corrected chi connectivity index (χ4v) is 3.17. The quantitative estimate of drug-likeness (QED) is 0.921. The van der Waals surface area contributed by atoms with Crippen molar-refractivity contribution in [1.82, 2.24) is 4.98 Å². The lowest BCUT2D eigenvalue weighted by molar-refractivity contribution is 0.0697. The van der Waals surface area contributed by atoms with E-state index in [9.17, 15) is 9.00 Å². The number of hydrogen-bond acceptors (Lipinski definition) is 4. The predicted molar refractivity (Wildman–Crippen MR) is 65.6 cm³/mol. The van der Waals surface area contributed by atoms with E-state index in [2.05, 4.69) is 4.98 Å². The molecule has 0 aliphatic heterocycles. The first kappa shape index (κ1) is 11.9. The second kappa shape index (κ2) is 5.20. The third kappa shape index (κ3) is 2.98. The molecule has 4 nitrogen and oxygen atoms in total. The summed E-state index contributed by atoms with van der Waals surface area (Å²) in [5.74, 6) is -0.619. The highest BCUT2D eigenvalue weighted by Crippen LogP contribution is 2.14. The summed E-state index contributed by atoms with van der Waals surface area (Å²) in [6.07, 6.45) is 1.67. The summed E-state index contributed by atoms with van der Waals surface area (Å²) in [5.41, 5.74) is 0.194. The molecule has 0 saturated heterocycles. The van der Waals surface area contributed by atoms with E-state index >= 15 is 0 Å². The lowest BCUT2D eigenvalue weighted by Gasteiger charge is -2.00. The molecule has 0 radical (unpaired) electrons. The summed E-state index contributed by atoms with van der Waals surface area (Å²) in [7, 11) is -1.18. The number of benzene rings is 1. The van der Waals surface area contributed by atoms with Gasteiger partial charge in [0, 0.05) is 16.5 Å². The van der Waals surface area contributed by atoms with Gasteiger partial charge in [-0.2, -0.15) is 0 Å². The summed E-state index contributed by atoms with van der Waals surface area (Å²) >= 11 is 1.46. The van der Waals surface area contributed by atoms with Crippen LogP contribution in [0.4, 0.5) is 0 Å². The van der Waals surface area contributed by atoms with E-state index in [1.165, 1.54) is 23.5 Å². The van der Waals surface area contributed by atoms with Crippen LogP contribution in [0.5, 0.6) is 0 Å². The van der Waals surface area contributed by atoms with E-state index < -0.39 is 16.8 Å². The second-order valence-electron chi connectivity index (χ2n) is 3.25. The molecule has 1 aromatic carbocycles. The van der Waals surface area contributed by atoms with Gasteiger partial charge in [-0.25, -0.2) is 9.78 Å². The highest BCUT2D eigenvalue weighted by molar-refractivity contribution is 7.84. The molecular formula is C11H9NO3S2. The molecule has 17 heavy (non-hydrogen) atoms. The molecule has 1 heterocycles. The molecule has 0 fully saturated rings. The minimum atomic E-state index is -1.18. The fourth-order valence-electron chi connectivity index (χ4n) is 1.27. The maximum absolute atomic E-state index is 11.9. The molecule has 0 aliphatic rings. The van der Waals surface area contributed by atoms with Crippen LogP contribution in [-0.2, 0) is 16.6 Å². The molecule has 0 aliphatic carbocycles. The molecule has 1 unspecified atom stereocenters. The maximum Gasteiger partial charge on any atom is 0.335 e. The van der Waals surface area contributed by atoms with E-state index in [4.69, 9.17) is 5.11 Å². The van der Waals surface area contributed by atoms with Gasteiger partial charge in [0.05, 0.1) is 22.1 Å². The van der Waals surface area contributed by atoms with Gasteiger partial charge in [0.1, 0.15) is 5.01 Å². The van der Waals surface area contributed by atoms with Crippen LogP contribution in [0, 0.1) is 0 Å². The van der Waals surface area contributed by atoms with Crippen molar-refractivity contribution in [2.45, 2.75) is 10.6 Å². The summed E-state index contributed by atoms with van der Waals surface area (Å²) in [5, 5.41) is 11.4. The number of hydrogen-bond donors (Lipinski definition) is 1. The Balaban J connectivity index is 2.12. The monoisotopic (exact) mass is 267 g/mol. The Morgan fingerprint density at radius 2 is 2.06 bits per heavy atom. The molecule has 88 valence electrons. The first-order valence-corrected chi connectivity index (χ1v) is 6.97. The number of carbonyl (C=O) groups is 1. The van der Waals surface area contributed by atoms with Crippen LogP contribution in [0.15, 0.2) is 40.7 Å². The van der Waals surface area contributed by atoms with Crippen molar-refractivity contribution < 1.29 is 14.1 Å². The van der Waals surface area contributed by atoms with Crippen LogP contribution in [0.2, 0.25) is 0 Å². The van der Waals surface area contributed by atoms with Gasteiger partial charge >= 0.3 is 5.97 Å². The van der Waals surface area contributed by atoms with Gasteiger partial charge in [0.25, 0.3) is 0 Å². The Bertz CT molecular complexity index is 534. The van der Waals surface area contributed by atoms with Crippen molar-refractivity contribution in [3.63, 3.8) is 0 Å². The highest BCUT2D eigenvalue weighted by atomic mass is 32.2. The van der Waals surface area contributed by atoms with Crippen LogP contribution in [0.3, 0.4) is 0 Å². The Kier molecular flexibility index (Phi) is 3.65. The van der Waals surface area contributed by atoms with E-state index in [1.54, 1.807) is 18.3 Å². The van der Waals surface area contributed by atoms with Gasteiger partial charge < -0.3 is 5.11 Å². The summed E-state index contributed by atoms with van der Waals surface area (Å²) in [6.45, 7) is 0. The summed E-state index contributed by atoms with van der Waals surface area (Å²) < 4.78 is 11.9. The van der Waals surface area contributed by atoms with E-state index in [0.717, 1.165) is 5.01 Å². The number of carboxylic acids is 1. The third-order valence-corrected chi connectivity index (χ3v) is 4.40. The summed E-state index contributed by atoms with van der Waals surface area (Å²) in [4.78, 5) is 15.3. The van der Waals surface area contributed by atoms with Crippen LogP contribution < -0.4 is 0 Å². The average molecular weight is 267 g/mol. The number of thiazole rings is 1. The number of rotatable bonds is 4. The van der Waals surface area contributed by atoms with Gasteiger partial charge in [0.2, 0.25) is 0 Å². The van der Waals surface area contributed by atoms with Crippen LogP contribution >= 0.6 is 11.3 Å². The molecule has 0 bridgehead atoms. The van der Waals surface area contributed by atoms with Crippen molar-refractivity contribution in [3.8, 4) is 0 Å². The van der Waals surface area contributed by atoms with Gasteiger partial charge in [-0.3, -0.25) is 4.21 Å². The lowest BCUT2D eigenvalue weighted by atomic mass is 10.2. The van der Waals surface area contributed by atoms with Crippen LogP contribution in [0.1, 0.15) is 15.4 Å². The van der Waals surface area contributed by atoms with Gasteiger partial charge in [-0.1, -0.05) is 0 Å². The molecular weight excluding hydrogens is 258 g/mol. The number of nitrogens with zero attached hydrogens (tertiary/aromatic N) is 1.